The number of nitrogens with two attached hydrogens (primary N) is 1. The number of benzene rings is 1. The van der Waals surface area contributed by atoms with Crippen LogP contribution in [0, 0.1) is 5.82 Å². The summed E-state index contributed by atoms with van der Waals surface area (Å²) >= 11 is 0. The summed E-state index contributed by atoms with van der Waals surface area (Å²) in [6.45, 7) is 1.72. The fraction of sp³-hybridized carbons (Fsp3) is 0.364. The number of halogens is 1. The van der Waals surface area contributed by atoms with Crippen LogP contribution in [0.1, 0.15) is 24.8 Å². The first-order valence-corrected chi connectivity index (χ1v) is 4.73. The lowest BCUT2D eigenvalue weighted by atomic mass is 9.90. The molecule has 1 aromatic carbocycles. The molecule has 0 heterocycles. The zero-order valence-corrected chi connectivity index (χ0v) is 8.48. The van der Waals surface area contributed by atoms with Gasteiger partial charge in [0.25, 0.3) is 0 Å². The molecule has 2 unspecified atom stereocenters. The molecule has 2 atom stereocenters. The van der Waals surface area contributed by atoms with Crippen molar-refractivity contribution >= 4 is 5.97 Å². The van der Waals surface area contributed by atoms with Gasteiger partial charge < -0.3 is 10.8 Å². The molecule has 1 aromatic rings. The fourth-order valence-corrected chi connectivity index (χ4v) is 1.53. The van der Waals surface area contributed by atoms with Gasteiger partial charge in [0.05, 0.1) is 6.42 Å². The number of carboxylic acid groups (broad SMARTS) is 1. The Balaban J connectivity index is 2.93. The standard InChI is InChI=1S/C11H14FNO2/c1-7(13)10(6-11(14)15)8-3-2-4-9(12)5-8/h2-5,7,10H,6,13H2,1H3,(H,14,15). The second-order valence-electron chi connectivity index (χ2n) is 3.62. The van der Waals surface area contributed by atoms with Crippen molar-refractivity contribution in [2.45, 2.75) is 25.3 Å². The second kappa shape index (κ2) is 4.89. The minimum absolute atomic E-state index is 0.0822. The third kappa shape index (κ3) is 3.32. The van der Waals surface area contributed by atoms with Crippen molar-refractivity contribution < 1.29 is 14.3 Å². The minimum atomic E-state index is -0.929. The van der Waals surface area contributed by atoms with Gasteiger partial charge in [0, 0.05) is 12.0 Å². The van der Waals surface area contributed by atoms with Gasteiger partial charge in [0.2, 0.25) is 0 Å². The summed E-state index contributed by atoms with van der Waals surface area (Å²) in [7, 11) is 0. The Morgan fingerprint density at radius 3 is 2.73 bits per heavy atom. The Labute approximate surface area is 87.7 Å². The highest BCUT2D eigenvalue weighted by Crippen LogP contribution is 2.23. The number of carbonyl (C=O) groups is 1. The van der Waals surface area contributed by atoms with Crippen LogP contribution in [-0.4, -0.2) is 17.1 Å². The summed E-state index contributed by atoms with van der Waals surface area (Å²) in [5.41, 5.74) is 6.31. The SMILES string of the molecule is CC(N)C(CC(=O)O)c1cccc(F)c1. The molecule has 15 heavy (non-hydrogen) atoms. The van der Waals surface area contributed by atoms with Gasteiger partial charge in [-0.2, -0.15) is 0 Å². The van der Waals surface area contributed by atoms with Crippen molar-refractivity contribution in [1.29, 1.82) is 0 Å². The Hall–Kier alpha value is -1.42. The first-order chi connectivity index (χ1) is 7.00. The summed E-state index contributed by atoms with van der Waals surface area (Å²) in [4.78, 5) is 10.6. The number of hydrogen-bond acceptors (Lipinski definition) is 2. The third-order valence-electron chi connectivity index (χ3n) is 2.31. The van der Waals surface area contributed by atoms with Gasteiger partial charge in [-0.1, -0.05) is 12.1 Å². The van der Waals surface area contributed by atoms with Gasteiger partial charge in [-0.3, -0.25) is 4.79 Å². The van der Waals surface area contributed by atoms with Gasteiger partial charge in [0.1, 0.15) is 5.82 Å². The topological polar surface area (TPSA) is 63.3 Å². The van der Waals surface area contributed by atoms with E-state index in [2.05, 4.69) is 0 Å². The zero-order valence-electron chi connectivity index (χ0n) is 8.48. The first-order valence-electron chi connectivity index (χ1n) is 4.73. The molecule has 1 rings (SSSR count). The molecule has 3 nitrogen and oxygen atoms in total. The van der Waals surface area contributed by atoms with E-state index in [0.717, 1.165) is 0 Å². The third-order valence-corrected chi connectivity index (χ3v) is 2.31. The Morgan fingerprint density at radius 1 is 1.60 bits per heavy atom. The lowest BCUT2D eigenvalue weighted by Crippen LogP contribution is -2.26. The van der Waals surface area contributed by atoms with E-state index in [4.69, 9.17) is 10.8 Å². The molecule has 3 N–H and O–H groups in total. The van der Waals surface area contributed by atoms with Crippen molar-refractivity contribution in [3.05, 3.63) is 35.6 Å². The van der Waals surface area contributed by atoms with Crippen molar-refractivity contribution in [3.63, 3.8) is 0 Å². The van der Waals surface area contributed by atoms with Gasteiger partial charge >= 0.3 is 5.97 Å². The van der Waals surface area contributed by atoms with E-state index in [9.17, 15) is 9.18 Å². The zero-order chi connectivity index (χ0) is 11.4. The molecule has 0 saturated heterocycles. The van der Waals surface area contributed by atoms with Crippen LogP contribution >= 0.6 is 0 Å². The predicted octanol–water partition coefficient (Wildman–Crippen LogP) is 1.73. The van der Waals surface area contributed by atoms with Crippen molar-refractivity contribution in [2.75, 3.05) is 0 Å². The summed E-state index contributed by atoms with van der Waals surface area (Å²) in [6, 6.07) is 5.59. The molecule has 0 amide bonds. The average molecular weight is 211 g/mol. The van der Waals surface area contributed by atoms with E-state index in [1.54, 1.807) is 19.1 Å². The quantitative estimate of drug-likeness (QED) is 0.797. The molecule has 0 aromatic heterocycles. The van der Waals surface area contributed by atoms with Crippen LogP contribution in [0.2, 0.25) is 0 Å². The summed E-state index contributed by atoms with van der Waals surface area (Å²) in [5, 5.41) is 8.71. The van der Waals surface area contributed by atoms with Crippen LogP contribution in [0.15, 0.2) is 24.3 Å². The molecule has 0 aliphatic carbocycles. The molecule has 0 radical (unpaired) electrons. The Bertz CT molecular complexity index is 352. The minimum Gasteiger partial charge on any atom is -0.481 e. The highest BCUT2D eigenvalue weighted by molar-refractivity contribution is 5.68. The van der Waals surface area contributed by atoms with E-state index < -0.39 is 5.97 Å². The van der Waals surface area contributed by atoms with Crippen LogP contribution in [0.3, 0.4) is 0 Å². The van der Waals surface area contributed by atoms with E-state index in [1.165, 1.54) is 12.1 Å². The molecular weight excluding hydrogens is 197 g/mol. The van der Waals surface area contributed by atoms with E-state index in [1.807, 2.05) is 0 Å². The van der Waals surface area contributed by atoms with Crippen LogP contribution in [0.5, 0.6) is 0 Å². The molecule has 0 aliphatic rings. The predicted molar refractivity (Wildman–Crippen MR) is 55.0 cm³/mol. The van der Waals surface area contributed by atoms with E-state index >= 15 is 0 Å². The van der Waals surface area contributed by atoms with E-state index in [0.29, 0.717) is 5.56 Å². The average Bonchev–Trinajstić information content (AvgIpc) is 2.13. The molecule has 82 valence electrons. The monoisotopic (exact) mass is 211 g/mol. The maximum Gasteiger partial charge on any atom is 0.304 e. The molecule has 4 heteroatoms. The number of rotatable bonds is 4. The van der Waals surface area contributed by atoms with Crippen molar-refractivity contribution in [1.82, 2.24) is 0 Å². The highest BCUT2D eigenvalue weighted by Gasteiger charge is 2.19. The largest absolute Gasteiger partial charge is 0.481 e. The summed E-state index contributed by atoms with van der Waals surface area (Å²) in [6.07, 6.45) is -0.0822. The Kier molecular flexibility index (Phi) is 3.80. The Morgan fingerprint density at radius 2 is 2.27 bits per heavy atom. The molecule has 0 bridgehead atoms. The normalized spacial score (nSPS) is 14.6. The number of aliphatic carboxylic acids is 1. The molecule has 0 aliphatic heterocycles. The smallest absolute Gasteiger partial charge is 0.304 e. The van der Waals surface area contributed by atoms with Gasteiger partial charge in [-0.25, -0.2) is 4.39 Å². The highest BCUT2D eigenvalue weighted by atomic mass is 19.1. The summed E-state index contributed by atoms with van der Waals surface area (Å²) in [5.74, 6) is -1.65. The van der Waals surface area contributed by atoms with Crippen LogP contribution in [-0.2, 0) is 4.79 Å². The second-order valence-corrected chi connectivity index (χ2v) is 3.62. The first kappa shape index (κ1) is 11.7. The maximum absolute atomic E-state index is 12.9. The number of carboxylic acids is 1. The van der Waals surface area contributed by atoms with Gasteiger partial charge in [-0.05, 0) is 24.6 Å². The summed E-state index contributed by atoms with van der Waals surface area (Å²) < 4.78 is 12.9. The number of hydrogen-bond donors (Lipinski definition) is 2. The molecule has 0 saturated carbocycles. The van der Waals surface area contributed by atoms with Gasteiger partial charge in [0.15, 0.2) is 0 Å². The van der Waals surface area contributed by atoms with Crippen molar-refractivity contribution in [2.24, 2.45) is 5.73 Å². The fourth-order valence-electron chi connectivity index (χ4n) is 1.53. The van der Waals surface area contributed by atoms with Crippen LogP contribution in [0.4, 0.5) is 4.39 Å². The van der Waals surface area contributed by atoms with Crippen LogP contribution in [0.25, 0.3) is 0 Å². The maximum atomic E-state index is 12.9. The lowest BCUT2D eigenvalue weighted by Gasteiger charge is -2.19. The van der Waals surface area contributed by atoms with E-state index in [-0.39, 0.29) is 24.2 Å². The van der Waals surface area contributed by atoms with Crippen LogP contribution < -0.4 is 5.73 Å². The van der Waals surface area contributed by atoms with Crippen molar-refractivity contribution in [3.8, 4) is 0 Å². The molecule has 0 spiro atoms. The molecule has 0 fully saturated rings. The lowest BCUT2D eigenvalue weighted by molar-refractivity contribution is -0.137. The molecular formula is C11H14FNO2. The van der Waals surface area contributed by atoms with Gasteiger partial charge in [-0.15, -0.1) is 0 Å².